The van der Waals surface area contributed by atoms with Gasteiger partial charge in [0, 0.05) is 0 Å². The lowest BCUT2D eigenvalue weighted by atomic mass is 10.0. The largest absolute Gasteiger partial charge is 0.370 e. The predicted octanol–water partition coefficient (Wildman–Crippen LogP) is 3.37. The second-order valence-corrected chi connectivity index (χ2v) is 5.84. The Morgan fingerprint density at radius 1 is 1.45 bits per heavy atom. The molecule has 0 spiro atoms. The van der Waals surface area contributed by atoms with E-state index in [2.05, 4.69) is 0 Å². The number of hydrogen-bond donors (Lipinski definition) is 2. The number of halogens is 1. The Hall–Kier alpha value is -1.66. The van der Waals surface area contributed by atoms with Crippen molar-refractivity contribution in [3.63, 3.8) is 0 Å². The average Bonchev–Trinajstić information content (AvgIpc) is 2.95. The fourth-order valence-corrected chi connectivity index (χ4v) is 2.82. The minimum Gasteiger partial charge on any atom is -0.370 e. The van der Waals surface area contributed by atoms with Gasteiger partial charge in [-0.3, -0.25) is 5.21 Å². The van der Waals surface area contributed by atoms with Gasteiger partial charge in [0.2, 0.25) is 0 Å². The number of carbonyl (C=O) groups excluding carboxylic acids is 1. The van der Waals surface area contributed by atoms with E-state index in [-0.39, 0.29) is 24.1 Å². The number of benzene rings is 1. The maximum atomic E-state index is 12.9. The van der Waals surface area contributed by atoms with Crippen LogP contribution in [-0.4, -0.2) is 28.4 Å². The summed E-state index contributed by atoms with van der Waals surface area (Å²) in [6, 6.07) is 5.30. The van der Waals surface area contributed by atoms with E-state index in [1.807, 2.05) is 0 Å². The number of amides is 2. The Morgan fingerprint density at radius 2 is 2.14 bits per heavy atom. The standard InChI is InChI=1S/C16H23FN2O3/c1-11(19(21)16(18)20)3-2-4-14-9-10-15(22-14)12-5-7-13(17)8-6-12/h5-8,11,14-15,21H,2-4,9-10H2,1H3,(H2,18,20)/t11-,14-,15+/m1/s1. The zero-order chi connectivity index (χ0) is 16.1. The van der Waals surface area contributed by atoms with Crippen LogP contribution in [0.15, 0.2) is 24.3 Å². The number of urea groups is 1. The van der Waals surface area contributed by atoms with Gasteiger partial charge in [-0.15, -0.1) is 0 Å². The van der Waals surface area contributed by atoms with E-state index in [1.54, 1.807) is 19.1 Å². The second kappa shape index (κ2) is 7.56. The van der Waals surface area contributed by atoms with Crippen LogP contribution in [-0.2, 0) is 4.74 Å². The monoisotopic (exact) mass is 310 g/mol. The quantitative estimate of drug-likeness (QED) is 0.625. The van der Waals surface area contributed by atoms with Gasteiger partial charge in [-0.05, 0) is 56.7 Å². The molecule has 0 saturated carbocycles. The first-order valence-corrected chi connectivity index (χ1v) is 7.66. The molecule has 1 heterocycles. The van der Waals surface area contributed by atoms with Crippen LogP contribution in [0.3, 0.4) is 0 Å². The molecule has 0 radical (unpaired) electrons. The molecule has 1 saturated heterocycles. The van der Waals surface area contributed by atoms with Crippen LogP contribution in [0.4, 0.5) is 9.18 Å². The molecule has 2 rings (SSSR count). The van der Waals surface area contributed by atoms with Crippen molar-refractivity contribution in [1.82, 2.24) is 5.06 Å². The van der Waals surface area contributed by atoms with Crippen molar-refractivity contribution >= 4 is 6.03 Å². The van der Waals surface area contributed by atoms with E-state index in [0.29, 0.717) is 11.5 Å². The number of ether oxygens (including phenoxy) is 1. The van der Waals surface area contributed by atoms with Gasteiger partial charge in [0.15, 0.2) is 0 Å². The third-order valence-electron chi connectivity index (χ3n) is 4.14. The highest BCUT2D eigenvalue weighted by molar-refractivity contribution is 5.70. The molecular formula is C16H23FN2O3. The molecule has 2 amide bonds. The summed E-state index contributed by atoms with van der Waals surface area (Å²) < 4.78 is 18.9. The fraction of sp³-hybridized carbons (Fsp3) is 0.562. The maximum Gasteiger partial charge on any atom is 0.338 e. The van der Waals surface area contributed by atoms with E-state index in [4.69, 9.17) is 10.5 Å². The summed E-state index contributed by atoms with van der Waals surface area (Å²) in [6.45, 7) is 1.75. The molecule has 0 aliphatic carbocycles. The highest BCUT2D eigenvalue weighted by Gasteiger charge is 2.26. The van der Waals surface area contributed by atoms with E-state index < -0.39 is 6.03 Å². The van der Waals surface area contributed by atoms with E-state index in [0.717, 1.165) is 31.2 Å². The summed E-state index contributed by atoms with van der Waals surface area (Å²) in [4.78, 5) is 10.8. The summed E-state index contributed by atoms with van der Waals surface area (Å²) in [5.74, 6) is -0.240. The van der Waals surface area contributed by atoms with E-state index >= 15 is 0 Å². The number of hydroxylamine groups is 2. The van der Waals surface area contributed by atoms with Gasteiger partial charge in [-0.2, -0.15) is 0 Å². The van der Waals surface area contributed by atoms with Crippen molar-refractivity contribution in [2.45, 2.75) is 57.3 Å². The van der Waals surface area contributed by atoms with Crippen LogP contribution in [0.25, 0.3) is 0 Å². The van der Waals surface area contributed by atoms with Crippen LogP contribution in [0.1, 0.15) is 50.7 Å². The minimum absolute atomic E-state index is 0.0305. The number of nitrogens with zero attached hydrogens (tertiary/aromatic N) is 1. The Kier molecular flexibility index (Phi) is 5.74. The Morgan fingerprint density at radius 3 is 2.77 bits per heavy atom. The van der Waals surface area contributed by atoms with Gasteiger partial charge in [0.05, 0.1) is 18.2 Å². The molecule has 3 N–H and O–H groups in total. The lowest BCUT2D eigenvalue weighted by Gasteiger charge is -2.21. The number of primary amides is 1. The summed E-state index contributed by atoms with van der Waals surface area (Å²) in [7, 11) is 0. The third kappa shape index (κ3) is 4.42. The van der Waals surface area contributed by atoms with Crippen molar-refractivity contribution in [2.24, 2.45) is 5.73 Å². The second-order valence-electron chi connectivity index (χ2n) is 5.84. The van der Waals surface area contributed by atoms with Gasteiger partial charge in [-0.1, -0.05) is 12.1 Å². The first-order valence-electron chi connectivity index (χ1n) is 7.66. The van der Waals surface area contributed by atoms with Gasteiger partial charge in [0.25, 0.3) is 0 Å². The molecule has 0 aromatic heterocycles. The molecule has 5 nitrogen and oxygen atoms in total. The van der Waals surface area contributed by atoms with Crippen LogP contribution < -0.4 is 5.73 Å². The summed E-state index contributed by atoms with van der Waals surface area (Å²) in [5, 5.41) is 9.96. The van der Waals surface area contributed by atoms with Crippen molar-refractivity contribution in [3.8, 4) is 0 Å². The van der Waals surface area contributed by atoms with Crippen molar-refractivity contribution in [2.75, 3.05) is 0 Å². The highest BCUT2D eigenvalue weighted by Crippen LogP contribution is 2.34. The maximum absolute atomic E-state index is 12.9. The van der Waals surface area contributed by atoms with Gasteiger partial charge >= 0.3 is 6.03 Å². The summed E-state index contributed by atoms with van der Waals surface area (Å²) >= 11 is 0. The Bertz CT molecular complexity index is 495. The molecular weight excluding hydrogens is 287 g/mol. The topological polar surface area (TPSA) is 75.8 Å². The van der Waals surface area contributed by atoms with E-state index in [9.17, 15) is 14.4 Å². The zero-order valence-electron chi connectivity index (χ0n) is 12.7. The predicted molar refractivity (Wildman–Crippen MR) is 79.8 cm³/mol. The fourth-order valence-electron chi connectivity index (χ4n) is 2.82. The smallest absolute Gasteiger partial charge is 0.338 e. The molecule has 1 aliphatic heterocycles. The SMILES string of the molecule is C[C@H](CCC[C@@H]1CC[C@@H](c2ccc(F)cc2)O1)N(O)C(N)=O. The normalized spacial score (nSPS) is 22.5. The first-order chi connectivity index (χ1) is 10.5. The number of nitrogens with two attached hydrogens (primary N) is 1. The van der Waals surface area contributed by atoms with Gasteiger partial charge in [0.1, 0.15) is 5.82 Å². The van der Waals surface area contributed by atoms with Crippen molar-refractivity contribution < 1.29 is 19.1 Å². The molecule has 1 aliphatic rings. The van der Waals surface area contributed by atoms with Gasteiger partial charge < -0.3 is 10.5 Å². The van der Waals surface area contributed by atoms with Crippen LogP contribution in [0.5, 0.6) is 0 Å². The molecule has 1 aromatic carbocycles. The van der Waals surface area contributed by atoms with Crippen molar-refractivity contribution in [1.29, 1.82) is 0 Å². The lowest BCUT2D eigenvalue weighted by molar-refractivity contribution is -0.0728. The molecule has 0 bridgehead atoms. The summed E-state index contributed by atoms with van der Waals surface area (Å²) in [5.41, 5.74) is 6.02. The molecule has 1 aromatic rings. The highest BCUT2D eigenvalue weighted by atomic mass is 19.1. The van der Waals surface area contributed by atoms with E-state index in [1.165, 1.54) is 12.1 Å². The van der Waals surface area contributed by atoms with Crippen molar-refractivity contribution in [3.05, 3.63) is 35.6 Å². The molecule has 1 fully saturated rings. The molecule has 3 atom stereocenters. The van der Waals surface area contributed by atoms with Crippen LogP contribution in [0, 0.1) is 5.82 Å². The van der Waals surface area contributed by atoms with Gasteiger partial charge in [-0.25, -0.2) is 14.2 Å². The number of carbonyl (C=O) groups is 1. The average molecular weight is 310 g/mol. The Labute approximate surface area is 129 Å². The van der Waals surface area contributed by atoms with Crippen LogP contribution >= 0.6 is 0 Å². The number of hydrogen-bond acceptors (Lipinski definition) is 3. The third-order valence-corrected chi connectivity index (χ3v) is 4.14. The summed E-state index contributed by atoms with van der Waals surface area (Å²) in [6.07, 6.45) is 4.47. The Balaban J connectivity index is 1.73. The molecule has 0 unspecified atom stereocenters. The minimum atomic E-state index is -0.832. The number of rotatable bonds is 6. The first kappa shape index (κ1) is 16.7. The molecule has 6 heteroatoms. The molecule has 22 heavy (non-hydrogen) atoms. The van der Waals surface area contributed by atoms with Crippen LogP contribution in [0.2, 0.25) is 0 Å². The molecule has 122 valence electrons. The zero-order valence-corrected chi connectivity index (χ0v) is 12.7. The lowest BCUT2D eigenvalue weighted by Crippen LogP contribution is -2.39.